The van der Waals surface area contributed by atoms with Crippen LogP contribution in [0.2, 0.25) is 0 Å². The number of allylic oxidation sites excluding steroid dienone is 1. The van der Waals surface area contributed by atoms with E-state index < -0.39 is 0 Å². The number of imidazole rings is 1. The molecule has 0 spiro atoms. The van der Waals surface area contributed by atoms with E-state index in [0.717, 1.165) is 22.9 Å². The highest BCUT2D eigenvalue weighted by Crippen LogP contribution is 2.08. The van der Waals surface area contributed by atoms with Gasteiger partial charge in [0.05, 0.1) is 0 Å². The molecule has 1 heterocycles. The van der Waals surface area contributed by atoms with Crippen LogP contribution in [-0.2, 0) is 6.54 Å². The molecule has 0 bridgehead atoms. The van der Waals surface area contributed by atoms with Crippen molar-refractivity contribution in [3.8, 4) is 0 Å². The number of aromatic nitrogens is 2. The zero-order valence-corrected chi connectivity index (χ0v) is 8.66. The molecule has 0 aliphatic rings. The number of H-pyrrole nitrogens is 1. The molecule has 1 aromatic carbocycles. The molecule has 15 heavy (non-hydrogen) atoms. The number of nitrogens with one attached hydrogen (secondary N) is 1. The second-order valence-electron chi connectivity index (χ2n) is 3.69. The predicted molar refractivity (Wildman–Crippen MR) is 58.7 cm³/mol. The van der Waals surface area contributed by atoms with Crippen LogP contribution in [0.5, 0.6) is 0 Å². The summed E-state index contributed by atoms with van der Waals surface area (Å²) in [6.07, 6.45) is 0.836. The summed E-state index contributed by atoms with van der Waals surface area (Å²) in [6.45, 7) is 6.47. The van der Waals surface area contributed by atoms with Gasteiger partial charge in [-0.15, -0.1) is 0 Å². The Hall–Kier alpha value is -1.90. The molecule has 0 atom stereocenters. The molecule has 0 unspecified atom stereocenters. The largest absolute Gasteiger partial charge is 0.321 e. The van der Waals surface area contributed by atoms with Gasteiger partial charge in [0.25, 0.3) is 0 Å². The first-order valence-corrected chi connectivity index (χ1v) is 4.82. The van der Waals surface area contributed by atoms with Crippen molar-refractivity contribution >= 4 is 17.3 Å². The topological polar surface area (TPSA) is 36.7 Å². The monoisotopic (exact) mass is 201 g/mol. The second-order valence-corrected chi connectivity index (χ2v) is 3.69. The molecule has 2 rings (SSSR count). The third-order valence-corrected chi connectivity index (χ3v) is 2.29. The van der Waals surface area contributed by atoms with Crippen molar-refractivity contribution in [2.75, 3.05) is 0 Å². The van der Waals surface area contributed by atoms with Crippen LogP contribution in [0.3, 0.4) is 0 Å². The van der Waals surface area contributed by atoms with Gasteiger partial charge in [-0.3, -0.25) is 4.79 Å². The van der Waals surface area contributed by atoms with Gasteiger partial charge in [-0.25, -0.2) is 9.55 Å². The minimum atomic E-state index is 0.583. The number of benzene rings is 1. The summed E-state index contributed by atoms with van der Waals surface area (Å²) in [5.41, 5.74) is 3.02. The van der Waals surface area contributed by atoms with Crippen LogP contribution in [0.25, 0.3) is 11.0 Å². The lowest BCUT2D eigenvalue weighted by atomic mass is 10.3. The van der Waals surface area contributed by atoms with Gasteiger partial charge in [0.15, 0.2) is 11.0 Å². The number of carbonyl (C=O) groups is 1. The van der Waals surface area contributed by atoms with Gasteiger partial charge in [0, 0.05) is 0 Å². The van der Waals surface area contributed by atoms with Crippen LogP contribution in [0.4, 0.5) is 0 Å². The van der Waals surface area contributed by atoms with Crippen LogP contribution >= 0.6 is 0 Å². The quantitative estimate of drug-likeness (QED) is 0.459. The average Bonchev–Trinajstić information content (AvgIpc) is 2.56. The number of aldehydes is 1. The maximum absolute atomic E-state index is 10.9. The molecule has 0 aliphatic carbocycles. The second kappa shape index (κ2) is 3.69. The zero-order valence-electron chi connectivity index (χ0n) is 8.66. The molecule has 0 amide bonds. The summed E-state index contributed by atoms with van der Waals surface area (Å²) >= 11 is 0. The molecule has 0 aliphatic heterocycles. The van der Waals surface area contributed by atoms with E-state index in [1.165, 1.54) is 0 Å². The summed E-state index contributed by atoms with van der Waals surface area (Å²) in [4.78, 5) is 14.0. The van der Waals surface area contributed by atoms with Gasteiger partial charge in [0.2, 0.25) is 6.29 Å². The lowest BCUT2D eigenvalue weighted by Crippen LogP contribution is -2.37. The van der Waals surface area contributed by atoms with Crippen molar-refractivity contribution in [3.63, 3.8) is 0 Å². The van der Waals surface area contributed by atoms with Gasteiger partial charge in [0.1, 0.15) is 6.54 Å². The van der Waals surface area contributed by atoms with Crippen molar-refractivity contribution in [3.05, 3.63) is 42.2 Å². The number of fused-ring (bicyclic) bond motifs is 1. The number of hydrogen-bond acceptors (Lipinski definition) is 1. The lowest BCUT2D eigenvalue weighted by molar-refractivity contribution is -0.664. The number of rotatable bonds is 3. The van der Waals surface area contributed by atoms with E-state index in [1.807, 2.05) is 35.8 Å². The lowest BCUT2D eigenvalue weighted by Gasteiger charge is -1.97. The Kier molecular flexibility index (Phi) is 2.37. The summed E-state index contributed by atoms with van der Waals surface area (Å²) in [5.74, 6) is 0.583. The summed E-state index contributed by atoms with van der Waals surface area (Å²) in [5, 5.41) is 0. The third-order valence-electron chi connectivity index (χ3n) is 2.29. The Morgan fingerprint density at radius 2 is 2.27 bits per heavy atom. The maximum Gasteiger partial charge on any atom is 0.321 e. The van der Waals surface area contributed by atoms with Crippen molar-refractivity contribution < 1.29 is 9.36 Å². The molecule has 1 aromatic heterocycles. The summed E-state index contributed by atoms with van der Waals surface area (Å²) in [6, 6.07) is 7.84. The van der Waals surface area contributed by atoms with Crippen LogP contribution in [0.15, 0.2) is 36.4 Å². The molecule has 0 saturated heterocycles. The zero-order chi connectivity index (χ0) is 10.8. The summed E-state index contributed by atoms with van der Waals surface area (Å²) in [7, 11) is 0. The van der Waals surface area contributed by atoms with Crippen molar-refractivity contribution in [1.29, 1.82) is 0 Å². The Labute approximate surface area is 88.0 Å². The predicted octanol–water partition coefficient (Wildman–Crippen LogP) is 1.84. The SMILES string of the molecule is C=C(C)C[n+]1c(C=O)[nH]c2ccccc21. The van der Waals surface area contributed by atoms with Gasteiger partial charge >= 0.3 is 5.82 Å². The van der Waals surface area contributed by atoms with E-state index in [-0.39, 0.29) is 0 Å². The Morgan fingerprint density at radius 1 is 1.53 bits per heavy atom. The standard InChI is InChI=1S/C12H12N2O/c1-9(2)7-14-11-6-4-3-5-10(11)13-12(14)8-15/h3-6,8H,1,7H2,2H3/p+1. The van der Waals surface area contributed by atoms with E-state index in [4.69, 9.17) is 0 Å². The minimum absolute atomic E-state index is 0.583. The smallest absolute Gasteiger partial charge is 0.289 e. The summed E-state index contributed by atoms with van der Waals surface area (Å²) < 4.78 is 1.94. The van der Waals surface area contributed by atoms with Crippen molar-refractivity contribution in [2.24, 2.45) is 0 Å². The van der Waals surface area contributed by atoms with Crippen LogP contribution in [0.1, 0.15) is 17.5 Å². The highest BCUT2D eigenvalue weighted by atomic mass is 16.1. The molecule has 76 valence electrons. The van der Waals surface area contributed by atoms with Gasteiger partial charge in [-0.05, 0) is 24.6 Å². The van der Waals surface area contributed by atoms with Crippen LogP contribution in [0, 0.1) is 0 Å². The fourth-order valence-electron chi connectivity index (χ4n) is 1.68. The van der Waals surface area contributed by atoms with Gasteiger partial charge in [-0.1, -0.05) is 18.7 Å². The van der Waals surface area contributed by atoms with E-state index >= 15 is 0 Å². The Morgan fingerprint density at radius 3 is 2.93 bits per heavy atom. The minimum Gasteiger partial charge on any atom is -0.289 e. The molecule has 0 fully saturated rings. The highest BCUT2D eigenvalue weighted by molar-refractivity contribution is 5.77. The number of carbonyl (C=O) groups excluding carboxylic acids is 1. The first kappa shape index (κ1) is 9.65. The third kappa shape index (κ3) is 1.68. The van der Waals surface area contributed by atoms with Crippen molar-refractivity contribution in [2.45, 2.75) is 13.5 Å². The van der Waals surface area contributed by atoms with Gasteiger partial charge in [-0.2, -0.15) is 0 Å². The number of hydrogen-bond donors (Lipinski definition) is 1. The van der Waals surface area contributed by atoms with Gasteiger partial charge < -0.3 is 0 Å². The average molecular weight is 201 g/mol. The Balaban J connectivity index is 2.66. The number of para-hydroxylation sites is 2. The fourth-order valence-corrected chi connectivity index (χ4v) is 1.68. The molecule has 1 N–H and O–H groups in total. The van der Waals surface area contributed by atoms with Crippen molar-refractivity contribution in [1.82, 2.24) is 4.98 Å². The number of aromatic amines is 1. The maximum atomic E-state index is 10.9. The van der Waals surface area contributed by atoms with E-state index in [2.05, 4.69) is 11.6 Å². The fraction of sp³-hybridized carbons (Fsp3) is 0.167. The van der Waals surface area contributed by atoms with E-state index in [9.17, 15) is 4.79 Å². The van der Waals surface area contributed by atoms with Crippen LogP contribution < -0.4 is 4.57 Å². The Bertz CT molecular complexity index is 525. The highest BCUT2D eigenvalue weighted by Gasteiger charge is 2.16. The normalized spacial score (nSPS) is 10.5. The molecular formula is C12H13N2O+. The molecular weight excluding hydrogens is 188 g/mol. The molecule has 3 nitrogen and oxygen atoms in total. The molecule has 3 heteroatoms. The molecule has 0 saturated carbocycles. The molecule has 0 radical (unpaired) electrons. The van der Waals surface area contributed by atoms with E-state index in [0.29, 0.717) is 12.4 Å². The molecule has 2 aromatic rings. The first-order chi connectivity index (χ1) is 7.22. The number of nitrogens with zero attached hydrogens (tertiary/aromatic N) is 1. The van der Waals surface area contributed by atoms with E-state index in [1.54, 1.807) is 0 Å². The first-order valence-electron chi connectivity index (χ1n) is 4.82. The van der Waals surface area contributed by atoms with Crippen LogP contribution in [-0.4, -0.2) is 11.3 Å².